The molecule has 1 aliphatic heterocycles. The zero-order valence-electron chi connectivity index (χ0n) is 13.7. The number of Topliss-reactive ketones (excluding diaryl/α,β-unsaturated/α-hetero) is 1. The molecule has 0 aromatic heterocycles. The number of ketones is 1. The summed E-state index contributed by atoms with van der Waals surface area (Å²) in [6.07, 6.45) is 0.646. The van der Waals surface area contributed by atoms with E-state index in [9.17, 15) is 24.9 Å². The first-order valence-electron chi connectivity index (χ1n) is 8.12. The third kappa shape index (κ3) is 3.32. The molecule has 0 radical (unpaired) electrons. The molecule has 7 heteroatoms. The van der Waals surface area contributed by atoms with Crippen LogP contribution in [0.15, 0.2) is 30.0 Å². The lowest BCUT2D eigenvalue weighted by molar-refractivity contribution is -0.147. The Labute approximate surface area is 144 Å². The molecule has 0 spiro atoms. The van der Waals surface area contributed by atoms with Crippen molar-refractivity contribution >= 4 is 11.8 Å². The van der Waals surface area contributed by atoms with Gasteiger partial charge >= 0.3 is 5.97 Å². The van der Waals surface area contributed by atoms with Crippen LogP contribution in [0, 0.1) is 17.8 Å². The number of ether oxygens (including phenoxy) is 2. The van der Waals surface area contributed by atoms with Crippen molar-refractivity contribution in [2.45, 2.75) is 26.1 Å². The molecule has 1 aliphatic carbocycles. The average Bonchev–Trinajstić information content (AvgIpc) is 2.87. The van der Waals surface area contributed by atoms with Crippen molar-refractivity contribution in [2.75, 3.05) is 6.61 Å². The molecule has 0 bridgehead atoms. The number of aliphatic hydroxyl groups excluding tert-OH is 1. The second-order valence-electron chi connectivity index (χ2n) is 6.45. The third-order valence-corrected chi connectivity index (χ3v) is 4.93. The summed E-state index contributed by atoms with van der Waals surface area (Å²) in [6, 6.07) is 4.38. The molecule has 4 unspecified atom stereocenters. The summed E-state index contributed by atoms with van der Waals surface area (Å²) in [5.41, 5.74) is 0.969. The molecule has 1 saturated carbocycles. The van der Waals surface area contributed by atoms with Crippen molar-refractivity contribution in [3.63, 3.8) is 0 Å². The molecule has 3 rings (SSSR count). The molecule has 0 saturated heterocycles. The van der Waals surface area contributed by atoms with Crippen LogP contribution >= 0.6 is 0 Å². The Morgan fingerprint density at radius 2 is 2.08 bits per heavy atom. The number of carbonyl (C=O) groups excluding carboxylic acids is 2. The Bertz CT molecular complexity index is 724. The van der Waals surface area contributed by atoms with Gasteiger partial charge in [-0.25, -0.2) is 4.79 Å². The molecule has 2 aliphatic rings. The van der Waals surface area contributed by atoms with E-state index in [0.717, 1.165) is 0 Å². The van der Waals surface area contributed by atoms with E-state index in [1.54, 1.807) is 13.0 Å². The predicted octanol–water partition coefficient (Wildman–Crippen LogP) is 1.26. The zero-order chi connectivity index (χ0) is 18.1. The summed E-state index contributed by atoms with van der Waals surface area (Å²) in [4.78, 5) is 24.2. The van der Waals surface area contributed by atoms with E-state index in [1.165, 1.54) is 18.4 Å². The highest BCUT2D eigenvalue weighted by Gasteiger charge is 2.49. The van der Waals surface area contributed by atoms with Gasteiger partial charge in [0, 0.05) is 30.6 Å². The molecular weight excluding hydrogens is 328 g/mol. The number of hydrogen-bond acceptors (Lipinski definition) is 7. The lowest BCUT2D eigenvalue weighted by Crippen LogP contribution is -2.36. The van der Waals surface area contributed by atoms with Gasteiger partial charge in [-0.3, -0.25) is 4.79 Å². The number of hydrogen-bond donors (Lipinski definition) is 3. The van der Waals surface area contributed by atoms with Crippen molar-refractivity contribution in [2.24, 2.45) is 17.8 Å². The normalized spacial score (nSPS) is 28.1. The van der Waals surface area contributed by atoms with Gasteiger partial charge in [0.1, 0.15) is 5.78 Å². The van der Waals surface area contributed by atoms with Gasteiger partial charge in [-0.2, -0.15) is 0 Å². The minimum atomic E-state index is -1.09. The Morgan fingerprint density at radius 1 is 1.32 bits per heavy atom. The molecule has 0 amide bonds. The third-order valence-electron chi connectivity index (χ3n) is 4.93. The molecule has 1 fully saturated rings. The topological polar surface area (TPSA) is 113 Å². The number of aromatic hydroxyl groups is 2. The standard InChI is InChI=1S/C18H20O7/c1-9-14(20)7-11-12(8-25-18(23)16(9)11)17(22)24-5-4-10-2-3-13(19)15(21)6-10/h2-3,6,8-9,11,16,18-19,21,23H,4-5,7H2,1H3. The van der Waals surface area contributed by atoms with Crippen molar-refractivity contribution in [3.05, 3.63) is 35.6 Å². The van der Waals surface area contributed by atoms with Gasteiger partial charge in [0.25, 0.3) is 0 Å². The summed E-state index contributed by atoms with van der Waals surface area (Å²) < 4.78 is 10.4. The van der Waals surface area contributed by atoms with E-state index in [4.69, 9.17) is 9.47 Å². The molecular formula is C18H20O7. The summed E-state index contributed by atoms with van der Waals surface area (Å²) in [6.45, 7) is 1.80. The van der Waals surface area contributed by atoms with Crippen LogP contribution < -0.4 is 0 Å². The predicted molar refractivity (Wildman–Crippen MR) is 85.4 cm³/mol. The van der Waals surface area contributed by atoms with Crippen LogP contribution in [0.5, 0.6) is 11.5 Å². The number of carbonyl (C=O) groups is 2. The van der Waals surface area contributed by atoms with Gasteiger partial charge in [0.2, 0.25) is 6.29 Å². The first-order valence-corrected chi connectivity index (χ1v) is 8.12. The van der Waals surface area contributed by atoms with Crippen LogP contribution in [-0.2, 0) is 25.5 Å². The van der Waals surface area contributed by atoms with E-state index in [2.05, 4.69) is 0 Å². The molecule has 25 heavy (non-hydrogen) atoms. The molecule has 7 nitrogen and oxygen atoms in total. The Hall–Kier alpha value is -2.54. The van der Waals surface area contributed by atoms with E-state index >= 15 is 0 Å². The van der Waals surface area contributed by atoms with E-state index in [0.29, 0.717) is 12.0 Å². The van der Waals surface area contributed by atoms with Gasteiger partial charge in [-0.15, -0.1) is 0 Å². The van der Waals surface area contributed by atoms with Crippen LogP contribution in [0.3, 0.4) is 0 Å². The number of fused-ring (bicyclic) bond motifs is 1. The van der Waals surface area contributed by atoms with Crippen molar-refractivity contribution in [1.82, 2.24) is 0 Å². The average molecular weight is 348 g/mol. The van der Waals surface area contributed by atoms with Gasteiger partial charge < -0.3 is 24.8 Å². The van der Waals surface area contributed by atoms with Crippen LogP contribution in [0.4, 0.5) is 0 Å². The lowest BCUT2D eigenvalue weighted by atomic mass is 9.83. The Morgan fingerprint density at radius 3 is 2.80 bits per heavy atom. The largest absolute Gasteiger partial charge is 0.504 e. The second kappa shape index (κ2) is 6.76. The first-order chi connectivity index (χ1) is 11.9. The Balaban J connectivity index is 1.61. The highest BCUT2D eigenvalue weighted by atomic mass is 16.6. The molecule has 4 atom stereocenters. The lowest BCUT2D eigenvalue weighted by Gasteiger charge is -2.31. The zero-order valence-corrected chi connectivity index (χ0v) is 13.7. The van der Waals surface area contributed by atoms with E-state index in [1.807, 2.05) is 0 Å². The fraction of sp³-hybridized carbons (Fsp3) is 0.444. The fourth-order valence-corrected chi connectivity index (χ4v) is 3.45. The van der Waals surface area contributed by atoms with Crippen molar-refractivity contribution in [1.29, 1.82) is 0 Å². The molecule has 134 valence electrons. The number of phenols is 2. The van der Waals surface area contributed by atoms with Gasteiger partial charge in [-0.05, 0) is 17.7 Å². The smallest absolute Gasteiger partial charge is 0.337 e. The monoisotopic (exact) mass is 348 g/mol. The number of phenolic OH excluding ortho intramolecular Hbond substituents is 2. The maximum Gasteiger partial charge on any atom is 0.337 e. The van der Waals surface area contributed by atoms with Crippen molar-refractivity contribution in [3.8, 4) is 11.5 Å². The number of esters is 1. The minimum absolute atomic E-state index is 0.00202. The van der Waals surface area contributed by atoms with Gasteiger partial charge in [0.05, 0.1) is 18.4 Å². The van der Waals surface area contributed by atoms with Gasteiger partial charge in [-0.1, -0.05) is 13.0 Å². The summed E-state index contributed by atoms with van der Waals surface area (Å²) in [5.74, 6) is -2.22. The minimum Gasteiger partial charge on any atom is -0.504 e. The summed E-state index contributed by atoms with van der Waals surface area (Å²) in [7, 11) is 0. The van der Waals surface area contributed by atoms with Crippen LogP contribution in [0.1, 0.15) is 18.9 Å². The van der Waals surface area contributed by atoms with E-state index in [-0.39, 0.29) is 41.8 Å². The quantitative estimate of drug-likeness (QED) is 0.554. The second-order valence-corrected chi connectivity index (χ2v) is 6.45. The fourth-order valence-electron chi connectivity index (χ4n) is 3.45. The number of aliphatic hydroxyl groups is 1. The van der Waals surface area contributed by atoms with Crippen LogP contribution in [0.2, 0.25) is 0 Å². The molecule has 3 N–H and O–H groups in total. The van der Waals surface area contributed by atoms with Gasteiger partial charge in [0.15, 0.2) is 11.5 Å². The van der Waals surface area contributed by atoms with E-state index < -0.39 is 24.1 Å². The molecule has 1 aromatic rings. The van der Waals surface area contributed by atoms with Crippen LogP contribution in [0.25, 0.3) is 0 Å². The summed E-state index contributed by atoms with van der Waals surface area (Å²) >= 11 is 0. The summed E-state index contributed by atoms with van der Waals surface area (Å²) in [5, 5.41) is 28.6. The maximum atomic E-state index is 12.3. The maximum absolute atomic E-state index is 12.3. The first kappa shape index (κ1) is 17.3. The SMILES string of the molecule is CC1C(=O)CC2C(C(=O)OCCc3ccc(O)c(O)c3)=COC(O)C12. The Kier molecular flexibility index (Phi) is 4.67. The highest BCUT2D eigenvalue weighted by molar-refractivity contribution is 5.93. The van der Waals surface area contributed by atoms with Crippen molar-refractivity contribution < 1.29 is 34.4 Å². The number of benzene rings is 1. The van der Waals surface area contributed by atoms with Crippen LogP contribution in [-0.4, -0.2) is 40.0 Å². The molecule has 1 heterocycles. The molecule has 1 aromatic carbocycles. The highest BCUT2D eigenvalue weighted by Crippen LogP contribution is 2.44. The number of rotatable bonds is 4.